The smallest absolute Gasteiger partial charge is 0.343 e. The van der Waals surface area contributed by atoms with E-state index in [1.807, 2.05) is 13.0 Å². The summed E-state index contributed by atoms with van der Waals surface area (Å²) in [6.45, 7) is 2.60. The zero-order chi connectivity index (χ0) is 30.5. The van der Waals surface area contributed by atoms with Crippen LogP contribution in [0, 0.1) is 11.3 Å². The minimum absolute atomic E-state index is 0.0494. The van der Waals surface area contributed by atoms with Crippen molar-refractivity contribution in [2.75, 3.05) is 13.7 Å². The lowest BCUT2D eigenvalue weighted by Gasteiger charge is -2.27. The van der Waals surface area contributed by atoms with Crippen molar-refractivity contribution in [1.29, 1.82) is 5.26 Å². The molecule has 0 saturated carbocycles. The van der Waals surface area contributed by atoms with E-state index in [9.17, 15) is 10.1 Å². The van der Waals surface area contributed by atoms with Crippen LogP contribution >= 0.6 is 23.2 Å². The van der Waals surface area contributed by atoms with Crippen molar-refractivity contribution in [3.8, 4) is 34.8 Å². The number of halogens is 2. The molecule has 4 aromatic carbocycles. The summed E-state index contributed by atoms with van der Waals surface area (Å²) in [7, 11) is 1.53. The normalized spacial score (nSPS) is 13.8. The van der Waals surface area contributed by atoms with Crippen molar-refractivity contribution >= 4 is 29.2 Å². The highest BCUT2D eigenvalue weighted by molar-refractivity contribution is 6.35. The topological polar surface area (TPSA) is 113 Å². The van der Waals surface area contributed by atoms with Gasteiger partial charge >= 0.3 is 5.97 Å². The number of nitrogens with zero attached hydrogens (tertiary/aromatic N) is 1. The Bertz CT molecular complexity index is 1750. The Balaban J connectivity index is 1.40. The number of esters is 1. The maximum Gasteiger partial charge on any atom is 0.343 e. The first-order valence-electron chi connectivity index (χ1n) is 13.2. The van der Waals surface area contributed by atoms with Crippen LogP contribution in [0.4, 0.5) is 0 Å². The Morgan fingerprint density at radius 3 is 2.42 bits per heavy atom. The minimum Gasteiger partial charge on any atom is -0.494 e. The molecule has 1 aliphatic heterocycles. The Morgan fingerprint density at radius 1 is 0.953 bits per heavy atom. The lowest BCUT2D eigenvalue weighted by atomic mass is 9.83. The zero-order valence-electron chi connectivity index (χ0n) is 23.2. The number of nitrogens with two attached hydrogens (primary N) is 1. The number of carbonyl (C=O) groups is 1. The third-order valence-electron chi connectivity index (χ3n) is 6.72. The number of nitriles is 1. The van der Waals surface area contributed by atoms with Gasteiger partial charge in [-0.2, -0.15) is 5.26 Å². The molecule has 1 atom stereocenters. The largest absolute Gasteiger partial charge is 0.494 e. The van der Waals surface area contributed by atoms with E-state index in [1.165, 1.54) is 7.11 Å². The molecule has 0 saturated heterocycles. The fourth-order valence-electron chi connectivity index (χ4n) is 4.64. The first kappa shape index (κ1) is 29.6. The molecule has 10 heteroatoms. The van der Waals surface area contributed by atoms with Gasteiger partial charge in [-0.3, -0.25) is 0 Å². The van der Waals surface area contributed by atoms with Crippen molar-refractivity contribution in [3.63, 3.8) is 0 Å². The molecule has 5 rings (SSSR count). The highest BCUT2D eigenvalue weighted by Crippen LogP contribution is 2.45. The minimum atomic E-state index is -0.571. The van der Waals surface area contributed by atoms with Crippen molar-refractivity contribution in [2.45, 2.75) is 19.4 Å². The van der Waals surface area contributed by atoms with Crippen LogP contribution in [-0.2, 0) is 6.61 Å². The summed E-state index contributed by atoms with van der Waals surface area (Å²) in [6.07, 6.45) is 0. The van der Waals surface area contributed by atoms with Gasteiger partial charge in [-0.05, 0) is 67.1 Å². The highest BCUT2D eigenvalue weighted by atomic mass is 35.5. The lowest BCUT2D eigenvalue weighted by Crippen LogP contribution is -2.21. The van der Waals surface area contributed by atoms with Gasteiger partial charge in [0.25, 0.3) is 0 Å². The van der Waals surface area contributed by atoms with Gasteiger partial charge < -0.3 is 29.4 Å². The molecule has 0 bridgehead atoms. The standard InChI is InChI=1S/C33H26Cl2N2O6/c1-3-40-23-9-5-19(6-10-23)33(38)42-24-11-12-25-29(16-24)43-32(37)26(17-36)31(25)20-7-13-28(30(14-20)39-2)41-18-21-4-8-22(34)15-27(21)35/h4-16,31H,3,18,37H2,1-2H3. The van der Waals surface area contributed by atoms with Gasteiger partial charge in [0.05, 0.1) is 25.2 Å². The Morgan fingerprint density at radius 2 is 1.72 bits per heavy atom. The van der Waals surface area contributed by atoms with Gasteiger partial charge in [0.15, 0.2) is 11.5 Å². The molecule has 43 heavy (non-hydrogen) atoms. The van der Waals surface area contributed by atoms with Crippen molar-refractivity contribution < 1.29 is 28.5 Å². The highest BCUT2D eigenvalue weighted by Gasteiger charge is 2.32. The number of ether oxygens (including phenoxy) is 5. The predicted molar refractivity (Wildman–Crippen MR) is 162 cm³/mol. The Labute approximate surface area is 258 Å². The molecule has 0 aromatic heterocycles. The second kappa shape index (κ2) is 13.0. The van der Waals surface area contributed by atoms with E-state index < -0.39 is 11.9 Å². The molecule has 0 fully saturated rings. The van der Waals surface area contributed by atoms with Crippen LogP contribution in [0.25, 0.3) is 0 Å². The number of methoxy groups -OCH3 is 1. The van der Waals surface area contributed by atoms with Crippen LogP contribution in [-0.4, -0.2) is 19.7 Å². The molecule has 0 radical (unpaired) electrons. The number of hydrogen-bond donors (Lipinski definition) is 1. The first-order valence-corrected chi connectivity index (χ1v) is 14.0. The average Bonchev–Trinajstić information content (AvgIpc) is 3.00. The monoisotopic (exact) mass is 616 g/mol. The maximum absolute atomic E-state index is 12.8. The van der Waals surface area contributed by atoms with Gasteiger partial charge in [-0.15, -0.1) is 0 Å². The first-order chi connectivity index (χ1) is 20.8. The summed E-state index contributed by atoms with van der Waals surface area (Å²) in [5.41, 5.74) is 8.92. The SMILES string of the molecule is CCOc1ccc(C(=O)Oc2ccc3c(c2)OC(N)=C(C#N)C3c2ccc(OCc3ccc(Cl)cc3Cl)c(OC)c2)cc1. The van der Waals surface area contributed by atoms with E-state index in [0.29, 0.717) is 50.8 Å². The number of hydrogen-bond acceptors (Lipinski definition) is 8. The van der Waals surface area contributed by atoms with Gasteiger partial charge in [0.2, 0.25) is 5.88 Å². The van der Waals surface area contributed by atoms with Crippen LogP contribution in [0.3, 0.4) is 0 Å². The van der Waals surface area contributed by atoms with Gasteiger partial charge in [-0.25, -0.2) is 4.79 Å². The van der Waals surface area contributed by atoms with E-state index >= 15 is 0 Å². The third kappa shape index (κ3) is 6.49. The van der Waals surface area contributed by atoms with E-state index in [-0.39, 0.29) is 23.8 Å². The molecule has 0 spiro atoms. The van der Waals surface area contributed by atoms with Crippen LogP contribution in [0.1, 0.15) is 39.9 Å². The summed E-state index contributed by atoms with van der Waals surface area (Å²) < 4.78 is 28.4. The van der Waals surface area contributed by atoms with Crippen molar-refractivity contribution in [1.82, 2.24) is 0 Å². The van der Waals surface area contributed by atoms with Gasteiger partial charge in [0.1, 0.15) is 35.5 Å². The Hall–Kier alpha value is -4.84. The van der Waals surface area contributed by atoms with E-state index in [2.05, 4.69) is 6.07 Å². The van der Waals surface area contributed by atoms with E-state index in [4.69, 9.17) is 52.6 Å². The van der Waals surface area contributed by atoms with E-state index in [1.54, 1.807) is 72.8 Å². The number of benzene rings is 4. The van der Waals surface area contributed by atoms with Gasteiger partial charge in [-0.1, -0.05) is 41.4 Å². The number of fused-ring (bicyclic) bond motifs is 1. The third-order valence-corrected chi connectivity index (χ3v) is 7.31. The predicted octanol–water partition coefficient (Wildman–Crippen LogP) is 7.42. The molecule has 0 aliphatic carbocycles. The lowest BCUT2D eigenvalue weighted by molar-refractivity contribution is 0.0734. The molecular weight excluding hydrogens is 591 g/mol. The molecule has 0 amide bonds. The van der Waals surface area contributed by atoms with Crippen molar-refractivity contribution in [2.24, 2.45) is 5.73 Å². The van der Waals surface area contributed by atoms with Crippen LogP contribution in [0.15, 0.2) is 90.3 Å². The fourth-order valence-corrected chi connectivity index (χ4v) is 5.10. The Kier molecular flexibility index (Phi) is 8.96. The van der Waals surface area contributed by atoms with Crippen molar-refractivity contribution in [3.05, 3.63) is 123 Å². The summed E-state index contributed by atoms with van der Waals surface area (Å²) in [5.74, 6) is 1.04. The maximum atomic E-state index is 12.8. The van der Waals surface area contributed by atoms with Gasteiger partial charge in [0, 0.05) is 27.2 Å². The molecule has 1 heterocycles. The molecule has 4 aromatic rings. The van der Waals surface area contributed by atoms with Crippen LogP contribution in [0.5, 0.6) is 28.7 Å². The molecule has 8 nitrogen and oxygen atoms in total. The quantitative estimate of drug-likeness (QED) is 0.153. The van der Waals surface area contributed by atoms with E-state index in [0.717, 1.165) is 11.1 Å². The molecule has 2 N–H and O–H groups in total. The molecule has 1 aliphatic rings. The summed E-state index contributed by atoms with van der Waals surface area (Å²) in [6, 6.07) is 24.3. The number of rotatable bonds is 9. The fraction of sp³-hybridized carbons (Fsp3) is 0.152. The zero-order valence-corrected chi connectivity index (χ0v) is 24.7. The molecule has 1 unspecified atom stereocenters. The average molecular weight is 617 g/mol. The van der Waals surface area contributed by atoms with Crippen LogP contribution in [0.2, 0.25) is 10.0 Å². The van der Waals surface area contributed by atoms with Crippen LogP contribution < -0.4 is 29.4 Å². The summed E-state index contributed by atoms with van der Waals surface area (Å²) in [5, 5.41) is 11.0. The second-order valence-electron chi connectivity index (χ2n) is 9.41. The molecular formula is C33H26Cl2N2O6. The summed E-state index contributed by atoms with van der Waals surface area (Å²) >= 11 is 12.3. The second-order valence-corrected chi connectivity index (χ2v) is 10.2. The summed E-state index contributed by atoms with van der Waals surface area (Å²) in [4.78, 5) is 12.8. The molecule has 218 valence electrons. The number of carbonyl (C=O) groups excluding carboxylic acids is 1. The number of allylic oxidation sites excluding steroid dienone is 1.